The number of nitrogens with one attached hydrogen (secondary N) is 1. The summed E-state index contributed by atoms with van der Waals surface area (Å²) in [5.74, 6) is -0.879. The molecule has 2 aromatic carbocycles. The topological polar surface area (TPSA) is 78.8 Å². The van der Waals surface area contributed by atoms with Gasteiger partial charge < -0.3 is 5.32 Å². The van der Waals surface area contributed by atoms with Crippen LogP contribution in [0.1, 0.15) is 18.1 Å². The molecule has 1 N–H and O–H groups in total. The molecule has 0 fully saturated rings. The molecule has 28 heavy (non-hydrogen) atoms. The summed E-state index contributed by atoms with van der Waals surface area (Å²) in [5.41, 5.74) is 1.61. The van der Waals surface area contributed by atoms with Crippen molar-refractivity contribution in [3.63, 3.8) is 0 Å². The second-order valence-electron chi connectivity index (χ2n) is 6.18. The van der Waals surface area contributed by atoms with Gasteiger partial charge in [0.05, 0.1) is 17.8 Å². The highest BCUT2D eigenvalue weighted by Crippen LogP contribution is 2.20. The van der Waals surface area contributed by atoms with Crippen molar-refractivity contribution in [2.24, 2.45) is 4.40 Å². The molecule has 0 aromatic heterocycles. The van der Waals surface area contributed by atoms with Gasteiger partial charge in [-0.1, -0.05) is 35.9 Å². The van der Waals surface area contributed by atoms with E-state index < -0.39 is 21.9 Å². The van der Waals surface area contributed by atoms with Crippen LogP contribution >= 0.6 is 11.6 Å². The summed E-state index contributed by atoms with van der Waals surface area (Å²) in [6.07, 6.45) is 1.24. The van der Waals surface area contributed by atoms with Crippen LogP contribution in [0.3, 0.4) is 0 Å². The Labute approximate surface area is 167 Å². The van der Waals surface area contributed by atoms with Crippen molar-refractivity contribution in [1.82, 2.24) is 9.62 Å². The minimum atomic E-state index is -3.97. The van der Waals surface area contributed by atoms with E-state index in [-0.39, 0.29) is 24.4 Å². The number of benzene rings is 2. The Balaban J connectivity index is 1.78. The van der Waals surface area contributed by atoms with Gasteiger partial charge in [-0.3, -0.25) is 9.10 Å². The average molecular weight is 422 g/mol. The minimum Gasteiger partial charge on any atom is -0.348 e. The third-order valence-electron chi connectivity index (χ3n) is 4.05. The molecule has 0 radical (unpaired) electrons. The number of carbonyl (C=O) groups is 1. The third kappa shape index (κ3) is 4.76. The van der Waals surface area contributed by atoms with Gasteiger partial charge in [0.1, 0.15) is 5.82 Å². The number of carbonyl (C=O) groups excluding carboxylic acids is 1. The first-order chi connectivity index (χ1) is 13.2. The molecule has 0 atom stereocenters. The van der Waals surface area contributed by atoms with Gasteiger partial charge in [0.15, 0.2) is 0 Å². The Kier molecular flexibility index (Phi) is 5.81. The standard InChI is InChI=1S/C19H17ClFN3O3S/c1-13-18(19(25)22-10-15-3-2-4-16(20)9-15)12-24(28(26,27)23-13)11-14-5-7-17(21)8-6-14/h2-9,12H,10-11H2,1H3,(H,22,25). The Morgan fingerprint density at radius 1 is 1.18 bits per heavy atom. The van der Waals surface area contributed by atoms with Gasteiger partial charge in [-0.25, -0.2) is 4.39 Å². The summed E-state index contributed by atoms with van der Waals surface area (Å²) >= 11 is 5.93. The monoisotopic (exact) mass is 421 g/mol. The van der Waals surface area contributed by atoms with E-state index >= 15 is 0 Å². The largest absolute Gasteiger partial charge is 0.348 e. The van der Waals surface area contributed by atoms with Crippen LogP contribution in [0.5, 0.6) is 0 Å². The highest BCUT2D eigenvalue weighted by atomic mass is 35.5. The number of amides is 1. The zero-order valence-electron chi connectivity index (χ0n) is 14.9. The van der Waals surface area contributed by atoms with Crippen LogP contribution in [-0.2, 0) is 28.1 Å². The maximum atomic E-state index is 13.1. The van der Waals surface area contributed by atoms with Crippen LogP contribution in [0.25, 0.3) is 0 Å². The van der Waals surface area contributed by atoms with Crippen LogP contribution in [-0.4, -0.2) is 24.3 Å². The van der Waals surface area contributed by atoms with Gasteiger partial charge in [0.2, 0.25) is 0 Å². The van der Waals surface area contributed by atoms with E-state index in [4.69, 9.17) is 11.6 Å². The highest BCUT2D eigenvalue weighted by Gasteiger charge is 2.28. The van der Waals surface area contributed by atoms with Crippen molar-refractivity contribution in [3.8, 4) is 0 Å². The van der Waals surface area contributed by atoms with E-state index in [1.165, 1.54) is 37.4 Å². The highest BCUT2D eigenvalue weighted by molar-refractivity contribution is 7.88. The number of hydrogen-bond donors (Lipinski definition) is 1. The second-order valence-corrected chi connectivity index (χ2v) is 8.17. The number of halogens is 2. The number of nitrogens with zero attached hydrogens (tertiary/aromatic N) is 2. The van der Waals surface area contributed by atoms with Gasteiger partial charge in [-0.05, 0) is 42.3 Å². The van der Waals surface area contributed by atoms with Gasteiger partial charge in [-0.2, -0.15) is 8.42 Å². The zero-order valence-corrected chi connectivity index (χ0v) is 16.5. The van der Waals surface area contributed by atoms with Crippen LogP contribution in [0.2, 0.25) is 5.02 Å². The molecule has 3 rings (SSSR count). The molecule has 0 unspecified atom stereocenters. The number of hydrogen-bond acceptors (Lipinski definition) is 3. The second kappa shape index (κ2) is 8.12. The van der Waals surface area contributed by atoms with Crippen molar-refractivity contribution in [2.45, 2.75) is 20.0 Å². The van der Waals surface area contributed by atoms with Gasteiger partial charge in [0.25, 0.3) is 5.91 Å². The molecule has 0 saturated carbocycles. The minimum absolute atomic E-state index is 0.0650. The summed E-state index contributed by atoms with van der Waals surface area (Å²) in [6.45, 7) is 1.62. The Hall–Kier alpha value is -2.71. The van der Waals surface area contributed by atoms with E-state index in [0.717, 1.165) is 9.87 Å². The molecule has 2 aromatic rings. The van der Waals surface area contributed by atoms with Crippen LogP contribution in [0, 0.1) is 5.82 Å². The molecule has 0 spiro atoms. The molecule has 0 aliphatic carbocycles. The van der Waals surface area contributed by atoms with Gasteiger partial charge in [0, 0.05) is 17.8 Å². The molecule has 9 heteroatoms. The Bertz CT molecular complexity index is 1070. The van der Waals surface area contributed by atoms with Gasteiger partial charge >= 0.3 is 10.2 Å². The van der Waals surface area contributed by atoms with Gasteiger partial charge in [-0.15, -0.1) is 4.40 Å². The van der Waals surface area contributed by atoms with Crippen LogP contribution in [0.4, 0.5) is 4.39 Å². The molecule has 1 amide bonds. The zero-order chi connectivity index (χ0) is 20.3. The van der Waals surface area contributed by atoms with E-state index in [9.17, 15) is 17.6 Å². The molecule has 146 valence electrons. The summed E-state index contributed by atoms with van der Waals surface area (Å²) in [6, 6.07) is 12.5. The predicted molar refractivity (Wildman–Crippen MR) is 105 cm³/mol. The number of rotatable bonds is 5. The first-order valence-electron chi connectivity index (χ1n) is 8.32. The van der Waals surface area contributed by atoms with Crippen LogP contribution < -0.4 is 5.32 Å². The molecule has 6 nitrogen and oxygen atoms in total. The van der Waals surface area contributed by atoms with E-state index in [2.05, 4.69) is 9.71 Å². The Morgan fingerprint density at radius 3 is 2.57 bits per heavy atom. The fourth-order valence-corrected chi connectivity index (χ4v) is 3.94. The van der Waals surface area contributed by atoms with Crippen molar-refractivity contribution in [2.75, 3.05) is 0 Å². The van der Waals surface area contributed by atoms with Crippen molar-refractivity contribution in [1.29, 1.82) is 0 Å². The van der Waals surface area contributed by atoms with Crippen molar-refractivity contribution >= 4 is 33.4 Å². The predicted octanol–water partition coefficient (Wildman–Crippen LogP) is 3.20. The molecular weight excluding hydrogens is 405 g/mol. The molecule has 0 saturated heterocycles. The van der Waals surface area contributed by atoms with E-state index in [1.807, 2.05) is 6.07 Å². The fraction of sp³-hybridized carbons (Fsp3) is 0.158. The average Bonchev–Trinajstić information content (AvgIpc) is 2.63. The SMILES string of the molecule is CC1=NS(=O)(=O)N(Cc2ccc(F)cc2)C=C1C(=O)NCc1cccc(Cl)c1. The summed E-state index contributed by atoms with van der Waals surface area (Å²) in [4.78, 5) is 12.6. The van der Waals surface area contributed by atoms with E-state index in [1.54, 1.807) is 18.2 Å². The lowest BCUT2D eigenvalue weighted by Gasteiger charge is -2.23. The lowest BCUT2D eigenvalue weighted by molar-refractivity contribution is -0.117. The molecule has 0 bridgehead atoms. The molecule has 1 aliphatic rings. The van der Waals surface area contributed by atoms with E-state index in [0.29, 0.717) is 10.6 Å². The summed E-state index contributed by atoms with van der Waals surface area (Å²) < 4.78 is 42.3. The van der Waals surface area contributed by atoms with Crippen molar-refractivity contribution < 1.29 is 17.6 Å². The smallest absolute Gasteiger partial charge is 0.344 e. The molecule has 1 aliphatic heterocycles. The normalized spacial score (nSPS) is 15.6. The Morgan fingerprint density at radius 2 is 1.89 bits per heavy atom. The van der Waals surface area contributed by atoms with Crippen LogP contribution in [0.15, 0.2) is 64.7 Å². The first-order valence-corrected chi connectivity index (χ1v) is 10.1. The summed E-state index contributed by atoms with van der Waals surface area (Å²) in [7, 11) is -3.97. The maximum Gasteiger partial charge on any atom is 0.344 e. The quantitative estimate of drug-likeness (QED) is 0.805. The summed E-state index contributed by atoms with van der Waals surface area (Å²) in [5, 5.41) is 3.28. The lowest BCUT2D eigenvalue weighted by Crippen LogP contribution is -2.35. The lowest BCUT2D eigenvalue weighted by atomic mass is 10.1. The maximum absolute atomic E-state index is 13.1. The molecular formula is C19H17ClFN3O3S. The first kappa shape index (κ1) is 20.0. The van der Waals surface area contributed by atoms with Crippen molar-refractivity contribution in [3.05, 3.63) is 82.3 Å². The molecule has 1 heterocycles. The fourth-order valence-electron chi connectivity index (χ4n) is 2.62. The third-order valence-corrected chi connectivity index (χ3v) is 5.62.